The quantitative estimate of drug-likeness (QED) is 0.450. The van der Waals surface area contributed by atoms with Gasteiger partial charge in [-0.15, -0.1) is 12.4 Å². The maximum absolute atomic E-state index is 13.8. The molecular formula is C26H37ClF2N4O5S2. The van der Waals surface area contributed by atoms with Crippen LogP contribution in [0.1, 0.15) is 43.7 Å². The molecule has 0 atom stereocenters. The first kappa shape index (κ1) is 34.0. The van der Waals surface area contributed by atoms with E-state index in [2.05, 4.69) is 5.32 Å². The van der Waals surface area contributed by atoms with Crippen LogP contribution in [0.4, 0.5) is 8.78 Å². The summed E-state index contributed by atoms with van der Waals surface area (Å²) in [6.07, 6.45) is 4.58. The van der Waals surface area contributed by atoms with Gasteiger partial charge in [0.15, 0.2) is 0 Å². The molecule has 1 amide bonds. The van der Waals surface area contributed by atoms with Crippen molar-refractivity contribution < 1.29 is 30.4 Å². The average Bonchev–Trinajstić information content (AvgIpc) is 2.87. The van der Waals surface area contributed by atoms with Gasteiger partial charge in [-0.25, -0.2) is 35.9 Å². The third kappa shape index (κ3) is 10.0. The number of benzene rings is 2. The summed E-state index contributed by atoms with van der Waals surface area (Å²) in [5.41, 5.74) is 0.802. The van der Waals surface area contributed by atoms with Crippen LogP contribution in [0.2, 0.25) is 0 Å². The van der Waals surface area contributed by atoms with Crippen molar-refractivity contribution in [2.45, 2.75) is 55.2 Å². The number of carbonyl (C=O) groups is 1. The zero-order chi connectivity index (χ0) is 28.8. The Morgan fingerprint density at radius 3 is 1.60 bits per heavy atom. The highest BCUT2D eigenvalue weighted by Gasteiger charge is 2.23. The number of rotatable bonds is 6. The maximum Gasteiger partial charge on any atom is 0.238 e. The van der Waals surface area contributed by atoms with E-state index in [9.17, 15) is 30.4 Å². The van der Waals surface area contributed by atoms with Gasteiger partial charge in [-0.1, -0.05) is 0 Å². The van der Waals surface area contributed by atoms with Gasteiger partial charge in [-0.3, -0.25) is 4.79 Å². The molecule has 2 heterocycles. The third-order valence-corrected chi connectivity index (χ3v) is 9.05. The molecule has 0 spiro atoms. The molecule has 0 aromatic heterocycles. The first-order chi connectivity index (χ1) is 18.2. The fourth-order valence-corrected chi connectivity index (χ4v) is 6.06. The van der Waals surface area contributed by atoms with E-state index in [-0.39, 0.29) is 39.8 Å². The summed E-state index contributed by atoms with van der Waals surface area (Å²) in [5.74, 6) is -0.0875. The summed E-state index contributed by atoms with van der Waals surface area (Å²) >= 11 is 0. The molecule has 224 valence electrons. The van der Waals surface area contributed by atoms with Crippen molar-refractivity contribution >= 4 is 38.4 Å². The fourth-order valence-electron chi connectivity index (χ4n) is 4.93. The van der Waals surface area contributed by atoms with Crippen molar-refractivity contribution in [3.63, 3.8) is 0 Å². The minimum Gasteiger partial charge on any atom is -0.343 e. The normalized spacial score (nSPS) is 17.0. The van der Waals surface area contributed by atoms with Crippen LogP contribution in [0.15, 0.2) is 46.2 Å². The molecule has 0 unspecified atom stereocenters. The van der Waals surface area contributed by atoms with Crippen molar-refractivity contribution in [2.24, 2.45) is 22.1 Å². The molecule has 40 heavy (non-hydrogen) atoms. The molecule has 2 aromatic rings. The Morgan fingerprint density at radius 2 is 1.23 bits per heavy atom. The van der Waals surface area contributed by atoms with E-state index in [4.69, 9.17) is 10.3 Å². The van der Waals surface area contributed by atoms with Gasteiger partial charge in [0.2, 0.25) is 26.0 Å². The Balaban J connectivity index is 0.000000276. The number of nitrogens with zero attached hydrogens (tertiary/aromatic N) is 1. The Bertz CT molecular complexity index is 1380. The molecule has 0 saturated carbocycles. The van der Waals surface area contributed by atoms with E-state index in [0.29, 0.717) is 43.0 Å². The van der Waals surface area contributed by atoms with Crippen LogP contribution in [-0.4, -0.2) is 53.8 Å². The molecule has 2 saturated heterocycles. The fraction of sp³-hybridized carbons (Fsp3) is 0.500. The Morgan fingerprint density at radius 1 is 0.825 bits per heavy atom. The first-order valence-corrected chi connectivity index (χ1v) is 15.9. The summed E-state index contributed by atoms with van der Waals surface area (Å²) in [6, 6.07) is 7.35. The highest BCUT2D eigenvalue weighted by atomic mass is 35.5. The summed E-state index contributed by atoms with van der Waals surface area (Å²) in [5, 5.41) is 13.4. The van der Waals surface area contributed by atoms with Gasteiger partial charge in [0.05, 0.1) is 9.79 Å². The number of hydrogen-bond acceptors (Lipinski definition) is 6. The first-order valence-electron chi connectivity index (χ1n) is 12.8. The summed E-state index contributed by atoms with van der Waals surface area (Å²) in [7, 11) is -7.58. The number of halogens is 3. The minimum atomic E-state index is -3.82. The predicted molar refractivity (Wildman–Crippen MR) is 151 cm³/mol. The number of nitrogens with one attached hydrogen (secondary N) is 1. The molecule has 4 rings (SSSR count). The second kappa shape index (κ2) is 14.6. The van der Waals surface area contributed by atoms with Crippen LogP contribution in [0.3, 0.4) is 0 Å². The van der Waals surface area contributed by atoms with Crippen molar-refractivity contribution in [3.8, 4) is 0 Å². The van der Waals surface area contributed by atoms with Gasteiger partial charge in [-0.2, -0.15) is 0 Å². The number of primary sulfonamides is 2. The van der Waals surface area contributed by atoms with Crippen molar-refractivity contribution in [1.29, 1.82) is 0 Å². The Labute approximate surface area is 241 Å². The van der Waals surface area contributed by atoms with Gasteiger partial charge in [0.25, 0.3) is 0 Å². The van der Waals surface area contributed by atoms with E-state index in [1.807, 2.05) is 0 Å². The SMILES string of the molecule is CC(=O)N1CCC(Cc2cc(S(N)(=O)=O)ccc2F)CC1.Cl.NS(=O)(=O)c1ccc(F)c(CC2CCNCC2)c1. The second-order valence-corrected chi connectivity index (χ2v) is 13.3. The van der Waals surface area contributed by atoms with E-state index < -0.39 is 25.9 Å². The lowest BCUT2D eigenvalue weighted by molar-refractivity contribution is -0.130. The standard InChI is InChI=1S/C14H19FN2O3S.C12H17FN2O2S.ClH/c1-10(18)17-6-4-11(5-7-17)8-12-9-13(21(16,19)20)2-3-14(12)15;13-12-2-1-11(18(14,16)17)8-10(12)7-9-3-5-15-6-4-9;/h2-3,9,11H,4-8H2,1H3,(H2,16,19,20);1-2,8-9,15H,3-7H2,(H2,14,16,17);1H. The Hall–Kier alpha value is -2.16. The lowest BCUT2D eigenvalue weighted by Crippen LogP contribution is -2.37. The van der Waals surface area contributed by atoms with Crippen molar-refractivity contribution in [2.75, 3.05) is 26.2 Å². The highest BCUT2D eigenvalue weighted by molar-refractivity contribution is 7.89. The molecule has 2 aliphatic heterocycles. The summed E-state index contributed by atoms with van der Waals surface area (Å²) in [6.45, 7) is 4.73. The molecule has 2 fully saturated rings. The van der Waals surface area contributed by atoms with Crippen LogP contribution in [0, 0.1) is 23.5 Å². The van der Waals surface area contributed by atoms with E-state index in [1.165, 1.54) is 37.3 Å². The number of amides is 1. The highest BCUT2D eigenvalue weighted by Crippen LogP contribution is 2.25. The maximum atomic E-state index is 13.8. The second-order valence-electron chi connectivity index (χ2n) is 10.1. The molecule has 9 nitrogen and oxygen atoms in total. The number of likely N-dealkylation sites (tertiary alicyclic amines) is 1. The largest absolute Gasteiger partial charge is 0.343 e. The van der Waals surface area contributed by atoms with Gasteiger partial charge in [0.1, 0.15) is 11.6 Å². The molecular weight excluding hydrogens is 586 g/mol. The van der Waals surface area contributed by atoms with E-state index in [1.54, 1.807) is 4.90 Å². The lowest BCUT2D eigenvalue weighted by Gasteiger charge is -2.31. The van der Waals surface area contributed by atoms with Gasteiger partial charge < -0.3 is 10.2 Å². The predicted octanol–water partition coefficient (Wildman–Crippen LogP) is 2.71. The number of sulfonamides is 2. The van der Waals surface area contributed by atoms with Gasteiger partial charge in [-0.05, 0) is 111 Å². The van der Waals surface area contributed by atoms with Crippen LogP contribution >= 0.6 is 12.4 Å². The summed E-state index contributed by atoms with van der Waals surface area (Å²) < 4.78 is 72.6. The van der Waals surface area contributed by atoms with Gasteiger partial charge in [0, 0.05) is 20.0 Å². The number of piperidine rings is 2. The number of nitrogens with two attached hydrogens (primary N) is 2. The molecule has 2 aliphatic rings. The molecule has 2 aromatic carbocycles. The molecule has 5 N–H and O–H groups in total. The van der Waals surface area contributed by atoms with Crippen LogP contribution in [0.25, 0.3) is 0 Å². The number of hydrogen-bond donors (Lipinski definition) is 3. The number of carbonyl (C=O) groups excluding carboxylic acids is 1. The van der Waals surface area contributed by atoms with Gasteiger partial charge >= 0.3 is 0 Å². The zero-order valence-corrected chi connectivity index (χ0v) is 24.8. The van der Waals surface area contributed by atoms with E-state index in [0.717, 1.165) is 44.8 Å². The molecule has 0 aliphatic carbocycles. The molecule has 14 heteroatoms. The lowest BCUT2D eigenvalue weighted by atomic mass is 9.90. The van der Waals surface area contributed by atoms with Crippen LogP contribution < -0.4 is 15.6 Å². The van der Waals surface area contributed by atoms with Crippen molar-refractivity contribution in [3.05, 3.63) is 59.2 Å². The summed E-state index contributed by atoms with van der Waals surface area (Å²) in [4.78, 5) is 12.9. The minimum absolute atomic E-state index is 0. The topological polar surface area (TPSA) is 153 Å². The zero-order valence-electron chi connectivity index (χ0n) is 22.3. The van der Waals surface area contributed by atoms with Crippen LogP contribution in [-0.2, 0) is 37.7 Å². The Kier molecular flexibility index (Phi) is 12.5. The molecule has 0 bridgehead atoms. The van der Waals surface area contributed by atoms with Crippen molar-refractivity contribution in [1.82, 2.24) is 10.2 Å². The smallest absolute Gasteiger partial charge is 0.238 e. The monoisotopic (exact) mass is 622 g/mol. The van der Waals surface area contributed by atoms with Crippen LogP contribution in [0.5, 0.6) is 0 Å². The van der Waals surface area contributed by atoms with E-state index >= 15 is 0 Å². The third-order valence-electron chi connectivity index (χ3n) is 7.23. The molecule has 0 radical (unpaired) electrons. The average molecular weight is 623 g/mol.